The maximum Gasteiger partial charge on any atom is 0.222 e. The van der Waals surface area contributed by atoms with E-state index in [1.54, 1.807) is 0 Å². The third kappa shape index (κ3) is 4.67. The SMILES string of the molecule is C#CCNC(=O)CCNCc1ccc(C)o1. The molecule has 0 bridgehead atoms. The third-order valence-corrected chi connectivity index (χ3v) is 2.01. The first kappa shape index (κ1) is 12.3. The summed E-state index contributed by atoms with van der Waals surface area (Å²) in [4.78, 5) is 11.1. The van der Waals surface area contributed by atoms with Crippen LogP contribution in [0.3, 0.4) is 0 Å². The number of carbonyl (C=O) groups is 1. The van der Waals surface area contributed by atoms with Crippen LogP contribution in [0.25, 0.3) is 0 Å². The van der Waals surface area contributed by atoms with Crippen LogP contribution in [0.15, 0.2) is 16.5 Å². The lowest BCUT2D eigenvalue weighted by Crippen LogP contribution is -2.27. The van der Waals surface area contributed by atoms with Crippen molar-refractivity contribution < 1.29 is 9.21 Å². The van der Waals surface area contributed by atoms with E-state index in [1.807, 2.05) is 19.1 Å². The summed E-state index contributed by atoms with van der Waals surface area (Å²) in [6.07, 6.45) is 5.44. The zero-order chi connectivity index (χ0) is 11.8. The number of hydrogen-bond acceptors (Lipinski definition) is 3. The number of rotatable bonds is 6. The van der Waals surface area contributed by atoms with Crippen molar-refractivity contribution in [2.75, 3.05) is 13.1 Å². The van der Waals surface area contributed by atoms with E-state index < -0.39 is 0 Å². The van der Waals surface area contributed by atoms with Crippen molar-refractivity contribution in [1.82, 2.24) is 10.6 Å². The lowest BCUT2D eigenvalue weighted by molar-refractivity contribution is -0.120. The van der Waals surface area contributed by atoms with Gasteiger partial charge in [0.1, 0.15) is 11.5 Å². The Morgan fingerprint density at radius 1 is 1.56 bits per heavy atom. The highest BCUT2D eigenvalue weighted by Gasteiger charge is 2.00. The molecule has 1 heterocycles. The highest BCUT2D eigenvalue weighted by molar-refractivity contribution is 5.76. The van der Waals surface area contributed by atoms with Crippen LogP contribution >= 0.6 is 0 Å². The first-order valence-electron chi connectivity index (χ1n) is 5.18. The van der Waals surface area contributed by atoms with Gasteiger partial charge in [0.15, 0.2) is 0 Å². The van der Waals surface area contributed by atoms with Gasteiger partial charge in [-0.1, -0.05) is 5.92 Å². The molecule has 0 saturated carbocycles. The molecule has 0 atom stereocenters. The Labute approximate surface area is 95.4 Å². The Balaban J connectivity index is 2.08. The normalized spacial score (nSPS) is 9.75. The van der Waals surface area contributed by atoms with E-state index in [9.17, 15) is 4.79 Å². The van der Waals surface area contributed by atoms with Crippen molar-refractivity contribution in [1.29, 1.82) is 0 Å². The summed E-state index contributed by atoms with van der Waals surface area (Å²) in [5.74, 6) is 4.08. The molecule has 86 valence electrons. The second kappa shape index (κ2) is 6.70. The molecule has 1 amide bonds. The molecule has 0 unspecified atom stereocenters. The minimum atomic E-state index is -0.0407. The maximum absolute atomic E-state index is 11.1. The molecular formula is C12H16N2O2. The Morgan fingerprint density at radius 2 is 2.38 bits per heavy atom. The smallest absolute Gasteiger partial charge is 0.222 e. The standard InChI is InChI=1S/C12H16N2O2/c1-3-7-14-12(15)6-8-13-9-11-5-4-10(2)16-11/h1,4-5,13H,6-9H2,2H3,(H,14,15). The summed E-state index contributed by atoms with van der Waals surface area (Å²) < 4.78 is 5.37. The van der Waals surface area contributed by atoms with Crippen molar-refractivity contribution >= 4 is 5.91 Å². The van der Waals surface area contributed by atoms with Gasteiger partial charge in [-0.3, -0.25) is 4.79 Å². The van der Waals surface area contributed by atoms with Crippen LogP contribution in [0.4, 0.5) is 0 Å². The highest BCUT2D eigenvalue weighted by Crippen LogP contribution is 2.05. The van der Waals surface area contributed by atoms with E-state index >= 15 is 0 Å². The number of carbonyl (C=O) groups excluding carboxylic acids is 1. The van der Waals surface area contributed by atoms with Gasteiger partial charge >= 0.3 is 0 Å². The van der Waals surface area contributed by atoms with E-state index in [4.69, 9.17) is 10.8 Å². The molecule has 0 aliphatic carbocycles. The van der Waals surface area contributed by atoms with Gasteiger partial charge < -0.3 is 15.1 Å². The van der Waals surface area contributed by atoms with Gasteiger partial charge in [-0.25, -0.2) is 0 Å². The zero-order valence-corrected chi connectivity index (χ0v) is 9.38. The summed E-state index contributed by atoms with van der Waals surface area (Å²) in [5, 5.41) is 5.71. The molecule has 1 rings (SSSR count). The molecule has 1 aromatic rings. The molecule has 0 radical (unpaired) electrons. The van der Waals surface area contributed by atoms with E-state index in [0.29, 0.717) is 19.5 Å². The first-order chi connectivity index (χ1) is 7.72. The first-order valence-corrected chi connectivity index (χ1v) is 5.18. The zero-order valence-electron chi connectivity index (χ0n) is 9.38. The molecule has 0 saturated heterocycles. The van der Waals surface area contributed by atoms with Crippen molar-refractivity contribution in [3.05, 3.63) is 23.7 Å². The average molecular weight is 220 g/mol. The van der Waals surface area contributed by atoms with Gasteiger partial charge in [0.2, 0.25) is 5.91 Å². The monoisotopic (exact) mass is 220 g/mol. The van der Waals surface area contributed by atoms with Crippen molar-refractivity contribution in [2.24, 2.45) is 0 Å². The lowest BCUT2D eigenvalue weighted by Gasteiger charge is -2.02. The topological polar surface area (TPSA) is 54.3 Å². The van der Waals surface area contributed by atoms with Crippen LogP contribution in [0, 0.1) is 19.3 Å². The Kier molecular flexibility index (Phi) is 5.17. The van der Waals surface area contributed by atoms with Gasteiger partial charge in [-0.2, -0.15) is 0 Å². The third-order valence-electron chi connectivity index (χ3n) is 2.01. The molecule has 1 aromatic heterocycles. The number of amides is 1. The molecule has 0 aliphatic heterocycles. The van der Waals surface area contributed by atoms with Crippen LogP contribution in [-0.4, -0.2) is 19.0 Å². The summed E-state index contributed by atoms with van der Waals surface area (Å²) in [7, 11) is 0. The van der Waals surface area contributed by atoms with Gasteiger partial charge in [-0.05, 0) is 19.1 Å². The highest BCUT2D eigenvalue weighted by atomic mass is 16.3. The van der Waals surface area contributed by atoms with Gasteiger partial charge in [-0.15, -0.1) is 6.42 Å². The van der Waals surface area contributed by atoms with E-state index in [1.165, 1.54) is 0 Å². The van der Waals surface area contributed by atoms with Crippen molar-refractivity contribution in [3.63, 3.8) is 0 Å². The number of hydrogen-bond donors (Lipinski definition) is 2. The van der Waals surface area contributed by atoms with Crippen molar-refractivity contribution in [2.45, 2.75) is 19.9 Å². The second-order valence-corrected chi connectivity index (χ2v) is 3.42. The number of furan rings is 1. The van der Waals surface area contributed by atoms with Crippen LogP contribution in [0.1, 0.15) is 17.9 Å². The Bertz CT molecular complexity index is 377. The summed E-state index contributed by atoms with van der Waals surface area (Å²) in [6.45, 7) is 3.43. The van der Waals surface area contributed by atoms with E-state index in [0.717, 1.165) is 11.5 Å². The molecule has 16 heavy (non-hydrogen) atoms. The number of aryl methyl sites for hydroxylation is 1. The molecule has 0 spiro atoms. The quantitative estimate of drug-likeness (QED) is 0.551. The van der Waals surface area contributed by atoms with Crippen LogP contribution in [0.5, 0.6) is 0 Å². The van der Waals surface area contributed by atoms with Crippen LogP contribution in [-0.2, 0) is 11.3 Å². The van der Waals surface area contributed by atoms with Crippen LogP contribution in [0.2, 0.25) is 0 Å². The molecule has 0 aromatic carbocycles. The fraction of sp³-hybridized carbons (Fsp3) is 0.417. The van der Waals surface area contributed by atoms with Gasteiger partial charge in [0.25, 0.3) is 0 Å². The maximum atomic E-state index is 11.1. The summed E-state index contributed by atoms with van der Waals surface area (Å²) >= 11 is 0. The van der Waals surface area contributed by atoms with Crippen molar-refractivity contribution in [3.8, 4) is 12.3 Å². The molecule has 4 heteroatoms. The van der Waals surface area contributed by atoms with Gasteiger partial charge in [0.05, 0.1) is 13.1 Å². The average Bonchev–Trinajstić information content (AvgIpc) is 2.67. The summed E-state index contributed by atoms with van der Waals surface area (Å²) in [6, 6.07) is 3.83. The second-order valence-electron chi connectivity index (χ2n) is 3.42. The largest absolute Gasteiger partial charge is 0.465 e. The minimum absolute atomic E-state index is 0.0407. The van der Waals surface area contributed by atoms with Crippen LogP contribution < -0.4 is 10.6 Å². The molecule has 2 N–H and O–H groups in total. The predicted octanol–water partition coefficient (Wildman–Crippen LogP) is 0.817. The Morgan fingerprint density at radius 3 is 3.00 bits per heavy atom. The number of terminal acetylenes is 1. The fourth-order valence-electron chi connectivity index (χ4n) is 1.23. The fourth-order valence-corrected chi connectivity index (χ4v) is 1.23. The molecular weight excluding hydrogens is 204 g/mol. The summed E-state index contributed by atoms with van der Waals surface area (Å²) in [5.41, 5.74) is 0. The molecule has 0 aliphatic rings. The minimum Gasteiger partial charge on any atom is -0.465 e. The van der Waals surface area contributed by atoms with Gasteiger partial charge in [0, 0.05) is 13.0 Å². The Hall–Kier alpha value is -1.73. The predicted molar refractivity (Wildman–Crippen MR) is 61.6 cm³/mol. The molecule has 0 fully saturated rings. The number of nitrogens with one attached hydrogen (secondary N) is 2. The van der Waals surface area contributed by atoms with E-state index in [2.05, 4.69) is 16.6 Å². The lowest BCUT2D eigenvalue weighted by atomic mass is 10.3. The molecule has 4 nitrogen and oxygen atoms in total. The van der Waals surface area contributed by atoms with E-state index in [-0.39, 0.29) is 12.5 Å².